The maximum Gasteiger partial charge on any atom is 0.412 e. The number of hydrogen-bond acceptors (Lipinski definition) is 5. The summed E-state index contributed by atoms with van der Waals surface area (Å²) in [7, 11) is 0. The average Bonchev–Trinajstić information content (AvgIpc) is 2.53. The van der Waals surface area contributed by atoms with Crippen molar-refractivity contribution in [3.8, 4) is 11.4 Å². The van der Waals surface area contributed by atoms with Gasteiger partial charge in [0, 0.05) is 22.4 Å². The van der Waals surface area contributed by atoms with Crippen LogP contribution in [0.1, 0.15) is 20.8 Å². The number of nitrogens with zero attached hydrogens (tertiary/aromatic N) is 3. The Hall–Kier alpha value is -3.22. The second-order valence-electron chi connectivity index (χ2n) is 6.50. The summed E-state index contributed by atoms with van der Waals surface area (Å²) in [5, 5.41) is 18.6. The minimum absolute atomic E-state index is 0.317. The van der Waals surface area contributed by atoms with E-state index in [0.717, 1.165) is 0 Å². The number of para-hydroxylation sites is 2. The number of amides is 1. The van der Waals surface area contributed by atoms with Gasteiger partial charge in [0.1, 0.15) is 11.1 Å². The summed E-state index contributed by atoms with van der Waals surface area (Å²) in [4.78, 5) is 16.7. The molecule has 7 heteroatoms. The second kappa shape index (κ2) is 6.35. The van der Waals surface area contributed by atoms with E-state index in [-0.39, 0.29) is 0 Å². The molecule has 0 aliphatic rings. The summed E-state index contributed by atoms with van der Waals surface area (Å²) in [5.74, 6) is 0.317. The first-order valence-electron chi connectivity index (χ1n) is 7.79. The maximum absolute atomic E-state index is 12.0. The van der Waals surface area contributed by atoms with Gasteiger partial charge < -0.3 is 9.94 Å². The summed E-state index contributed by atoms with van der Waals surface area (Å²) < 4.78 is 5.20. The van der Waals surface area contributed by atoms with Crippen molar-refractivity contribution < 1.29 is 14.4 Å². The highest BCUT2D eigenvalue weighted by Crippen LogP contribution is 2.19. The Labute approximate surface area is 144 Å². The number of aromatic nitrogens is 3. The highest BCUT2D eigenvalue weighted by Gasteiger charge is 2.16. The minimum atomic E-state index is -0.565. The number of rotatable bonds is 2. The zero-order chi connectivity index (χ0) is 18.0. The van der Waals surface area contributed by atoms with E-state index in [9.17, 15) is 10.0 Å². The molecule has 0 saturated carbocycles. The van der Waals surface area contributed by atoms with Crippen LogP contribution in [0.15, 0.2) is 48.5 Å². The molecule has 0 aliphatic heterocycles. The number of hydrogen-bond donors (Lipinski definition) is 1. The van der Waals surface area contributed by atoms with E-state index in [2.05, 4.69) is 15.4 Å². The molecule has 0 bridgehead atoms. The van der Waals surface area contributed by atoms with Gasteiger partial charge in [0.15, 0.2) is 0 Å². The maximum atomic E-state index is 12.0. The van der Waals surface area contributed by atoms with Crippen molar-refractivity contribution in [1.29, 1.82) is 0 Å². The van der Waals surface area contributed by atoms with Crippen molar-refractivity contribution in [2.24, 2.45) is 0 Å². The van der Waals surface area contributed by atoms with Crippen LogP contribution in [0.5, 0.6) is 0 Å². The number of benzene rings is 2. The zero-order valence-corrected chi connectivity index (χ0v) is 14.2. The normalized spacial score (nSPS) is 11.3. The Kier molecular flexibility index (Phi) is 4.22. The lowest BCUT2D eigenvalue weighted by Gasteiger charge is -2.19. The van der Waals surface area contributed by atoms with Crippen LogP contribution in [0.25, 0.3) is 22.4 Å². The number of anilines is 1. The number of carbonyl (C=O) groups excluding carboxylic acids is 1. The molecule has 0 radical (unpaired) electrons. The van der Waals surface area contributed by atoms with Gasteiger partial charge >= 0.3 is 6.09 Å². The van der Waals surface area contributed by atoms with Crippen LogP contribution in [0.4, 0.5) is 10.5 Å². The molecule has 3 rings (SSSR count). The lowest BCUT2D eigenvalue weighted by atomic mass is 10.2. The molecule has 0 aliphatic carbocycles. The summed E-state index contributed by atoms with van der Waals surface area (Å²) in [6, 6.07) is 13.9. The molecule has 1 N–H and O–H groups in total. The van der Waals surface area contributed by atoms with Gasteiger partial charge in [0.2, 0.25) is 5.82 Å². The molecule has 25 heavy (non-hydrogen) atoms. The van der Waals surface area contributed by atoms with Gasteiger partial charge in [-0.05, 0) is 55.9 Å². The first-order valence-corrected chi connectivity index (χ1v) is 7.79. The molecule has 0 unspecified atom stereocenters. The van der Waals surface area contributed by atoms with Crippen molar-refractivity contribution in [3.63, 3.8) is 0 Å². The van der Waals surface area contributed by atoms with Crippen molar-refractivity contribution in [3.05, 3.63) is 53.7 Å². The Balaban J connectivity index is 1.82. The fourth-order valence-electron chi connectivity index (χ4n) is 2.24. The van der Waals surface area contributed by atoms with Crippen LogP contribution in [-0.4, -0.2) is 21.8 Å². The van der Waals surface area contributed by atoms with Gasteiger partial charge in [-0.25, -0.2) is 9.78 Å². The van der Waals surface area contributed by atoms with E-state index in [4.69, 9.17) is 4.74 Å². The average molecular weight is 338 g/mol. The lowest BCUT2D eigenvalue weighted by Crippen LogP contribution is -2.33. The molecule has 1 aromatic heterocycles. The summed E-state index contributed by atoms with van der Waals surface area (Å²) in [6.45, 7) is 5.39. The van der Waals surface area contributed by atoms with Crippen LogP contribution in [-0.2, 0) is 4.74 Å². The molecule has 1 heterocycles. The molecule has 0 saturated heterocycles. The molecule has 7 nitrogen and oxygen atoms in total. The number of fused-ring (bicyclic) bond motifs is 1. The van der Waals surface area contributed by atoms with Crippen molar-refractivity contribution in [2.75, 3.05) is 5.32 Å². The molecular formula is C18H18N4O3. The molecule has 3 aromatic rings. The van der Waals surface area contributed by atoms with Crippen LogP contribution in [0.2, 0.25) is 0 Å². The third kappa shape index (κ3) is 4.00. The Morgan fingerprint density at radius 1 is 1.12 bits per heavy atom. The number of ether oxygens (including phenoxy) is 1. The third-order valence-electron chi connectivity index (χ3n) is 3.29. The quantitative estimate of drug-likeness (QED) is 0.572. The van der Waals surface area contributed by atoms with Gasteiger partial charge in [0.05, 0.1) is 0 Å². The Bertz CT molecular complexity index is 918. The van der Waals surface area contributed by atoms with Gasteiger partial charge in [-0.3, -0.25) is 5.32 Å². The monoisotopic (exact) mass is 338 g/mol. The van der Waals surface area contributed by atoms with Gasteiger partial charge in [-0.1, -0.05) is 12.1 Å². The van der Waals surface area contributed by atoms with Gasteiger partial charge in [-0.15, -0.1) is 0 Å². The Morgan fingerprint density at radius 2 is 1.80 bits per heavy atom. The van der Waals surface area contributed by atoms with E-state index in [1.165, 1.54) is 0 Å². The zero-order valence-electron chi connectivity index (χ0n) is 14.2. The smallest absolute Gasteiger partial charge is 0.412 e. The topological polar surface area (TPSA) is 91.0 Å². The summed E-state index contributed by atoms with van der Waals surface area (Å²) >= 11 is 0. The first-order chi connectivity index (χ1) is 11.8. The second-order valence-corrected chi connectivity index (χ2v) is 6.50. The van der Waals surface area contributed by atoms with Crippen LogP contribution >= 0.6 is 0 Å². The lowest BCUT2D eigenvalue weighted by molar-refractivity contribution is -0.642. The molecular weight excluding hydrogens is 320 g/mol. The molecule has 0 fully saturated rings. The van der Waals surface area contributed by atoms with E-state index in [0.29, 0.717) is 33.0 Å². The largest absolute Gasteiger partial charge is 0.594 e. The summed E-state index contributed by atoms with van der Waals surface area (Å²) in [6.07, 6.45) is -0.528. The predicted octanol–water partition coefficient (Wildman–Crippen LogP) is 3.28. The standard InChI is InChI=1S/C18H18N4O3/c1-18(2,3)25-17(23)19-13-10-8-12(9-11-13)16-20-14-6-4-5-7-15(14)22(24)21-16/h4-11H,1-3H3,(H,19,23). The summed E-state index contributed by atoms with van der Waals surface area (Å²) in [5.41, 5.74) is 1.66. The SMILES string of the molecule is CC(C)(C)OC(=O)Nc1ccc(-c2nc3ccccc3[n+]([O-])n2)cc1. The van der Waals surface area contributed by atoms with E-state index < -0.39 is 11.7 Å². The fraction of sp³-hybridized carbons (Fsp3) is 0.222. The molecule has 128 valence electrons. The highest BCUT2D eigenvalue weighted by molar-refractivity contribution is 5.85. The van der Waals surface area contributed by atoms with Crippen LogP contribution < -0.4 is 10.2 Å². The van der Waals surface area contributed by atoms with Crippen molar-refractivity contribution in [2.45, 2.75) is 26.4 Å². The van der Waals surface area contributed by atoms with Crippen LogP contribution in [0, 0.1) is 5.21 Å². The van der Waals surface area contributed by atoms with Gasteiger partial charge in [-0.2, -0.15) is 0 Å². The Morgan fingerprint density at radius 3 is 2.48 bits per heavy atom. The molecule has 0 atom stereocenters. The number of nitrogens with one attached hydrogen (secondary N) is 1. The van der Waals surface area contributed by atoms with Crippen molar-refractivity contribution in [1.82, 2.24) is 10.1 Å². The molecule has 2 aromatic carbocycles. The molecule has 0 spiro atoms. The predicted molar refractivity (Wildman–Crippen MR) is 93.8 cm³/mol. The minimum Gasteiger partial charge on any atom is -0.594 e. The van der Waals surface area contributed by atoms with E-state index in [1.54, 1.807) is 63.2 Å². The van der Waals surface area contributed by atoms with Crippen molar-refractivity contribution >= 4 is 22.8 Å². The van der Waals surface area contributed by atoms with Gasteiger partial charge in [0.25, 0.3) is 5.52 Å². The third-order valence-corrected chi connectivity index (χ3v) is 3.29. The highest BCUT2D eigenvalue weighted by atomic mass is 16.6. The molecule has 1 amide bonds. The van der Waals surface area contributed by atoms with E-state index >= 15 is 0 Å². The van der Waals surface area contributed by atoms with E-state index in [1.807, 2.05) is 6.07 Å². The van der Waals surface area contributed by atoms with Crippen LogP contribution in [0.3, 0.4) is 0 Å². The first kappa shape index (κ1) is 16.6. The number of carbonyl (C=O) groups is 1. The fourth-order valence-corrected chi connectivity index (χ4v) is 2.24.